The lowest BCUT2D eigenvalue weighted by Gasteiger charge is -2.36. The van der Waals surface area contributed by atoms with Gasteiger partial charge < -0.3 is 34.6 Å². The molecule has 7 atom stereocenters. The van der Waals surface area contributed by atoms with Crippen molar-refractivity contribution in [3.8, 4) is 0 Å². The van der Waals surface area contributed by atoms with Gasteiger partial charge in [-0.2, -0.15) is 0 Å². The number of carbonyl (C=O) groups excluding carboxylic acids is 4. The molecule has 11 nitrogen and oxygen atoms in total. The lowest BCUT2D eigenvalue weighted by Crippen LogP contribution is -2.56. The first kappa shape index (κ1) is 36.8. The summed E-state index contributed by atoms with van der Waals surface area (Å²) in [7, 11) is 0. The number of rotatable bonds is 17. The van der Waals surface area contributed by atoms with Gasteiger partial charge in [-0.25, -0.2) is 0 Å². The zero-order valence-corrected chi connectivity index (χ0v) is 29.3. The quantitative estimate of drug-likeness (QED) is 0.188. The number of nitrogens with zero attached hydrogens (tertiary/aromatic N) is 3. The van der Waals surface area contributed by atoms with E-state index in [-0.39, 0.29) is 37.9 Å². The van der Waals surface area contributed by atoms with Gasteiger partial charge in [-0.1, -0.05) is 42.5 Å². The average molecular weight is 687 g/mol. The fourth-order valence-electron chi connectivity index (χ4n) is 8.02. The molecule has 2 aromatic carbocycles. The number of anilines is 2. The van der Waals surface area contributed by atoms with Crippen molar-refractivity contribution in [3.05, 3.63) is 85.5 Å². The summed E-state index contributed by atoms with van der Waals surface area (Å²) in [5.74, 6) is -3.54. The molecule has 0 saturated carbocycles. The number of ether oxygens (including phenoxy) is 2. The molecule has 3 heterocycles. The summed E-state index contributed by atoms with van der Waals surface area (Å²) < 4.78 is 12.8. The van der Waals surface area contributed by atoms with Crippen molar-refractivity contribution in [2.45, 2.75) is 76.3 Å². The van der Waals surface area contributed by atoms with Crippen molar-refractivity contribution >= 4 is 35.1 Å². The number of benzene rings is 2. The van der Waals surface area contributed by atoms with Gasteiger partial charge in [0.15, 0.2) is 0 Å². The van der Waals surface area contributed by atoms with Gasteiger partial charge in [0.05, 0.1) is 30.6 Å². The summed E-state index contributed by atoms with van der Waals surface area (Å²) in [4.78, 5) is 61.0. The molecule has 268 valence electrons. The molecule has 3 fully saturated rings. The number of nitrogens with one attached hydrogen (secondary N) is 1. The number of aliphatic hydroxyl groups excluding tert-OH is 1. The van der Waals surface area contributed by atoms with Crippen LogP contribution in [-0.4, -0.2) is 90.3 Å². The lowest BCUT2D eigenvalue weighted by atomic mass is 9.70. The number of β-amino-alcohol motifs (C(OH)–C–C–N with tert-alkyl or cyclic N) is 1. The second kappa shape index (κ2) is 16.0. The fraction of sp³-hybridized carbons (Fsp3) is 0.487. The number of aliphatic hydroxyl groups is 1. The Kier molecular flexibility index (Phi) is 11.8. The number of hydrogen-bond donors (Lipinski definition) is 2. The van der Waals surface area contributed by atoms with Gasteiger partial charge in [-0.3, -0.25) is 19.2 Å². The van der Waals surface area contributed by atoms with Crippen LogP contribution in [0.3, 0.4) is 0 Å². The van der Waals surface area contributed by atoms with Crippen molar-refractivity contribution in [1.82, 2.24) is 10.2 Å². The predicted octanol–water partition coefficient (Wildman–Crippen LogP) is 4.17. The van der Waals surface area contributed by atoms with Crippen LogP contribution >= 0.6 is 0 Å². The van der Waals surface area contributed by atoms with E-state index in [1.54, 1.807) is 24.0 Å². The van der Waals surface area contributed by atoms with Crippen LogP contribution in [-0.2, 0) is 28.7 Å². The number of fused-ring (bicyclic) bond motifs is 1. The minimum Gasteiger partial charge on any atom is -0.455 e. The Bertz CT molecular complexity index is 1550. The first-order chi connectivity index (χ1) is 24.1. The van der Waals surface area contributed by atoms with Crippen molar-refractivity contribution in [1.29, 1.82) is 0 Å². The van der Waals surface area contributed by atoms with Crippen molar-refractivity contribution < 1.29 is 33.8 Å². The number of hydrogen-bond acceptors (Lipinski definition) is 8. The predicted molar refractivity (Wildman–Crippen MR) is 191 cm³/mol. The maximum atomic E-state index is 14.7. The summed E-state index contributed by atoms with van der Waals surface area (Å²) in [6.45, 7) is 14.9. The highest BCUT2D eigenvalue weighted by molar-refractivity contribution is 6.04. The highest BCUT2D eigenvalue weighted by Gasteiger charge is 2.75. The summed E-state index contributed by atoms with van der Waals surface area (Å²) in [5, 5.41) is 13.0. The minimum atomic E-state index is -1.27. The smallest absolute Gasteiger partial charge is 0.313 e. The SMILES string of the molecule is C=CCCC(=O)N[C@H](C)[C@@H](OC(=O)[C@@H]1[C@H]2C(=O)N(CCO)[C@H](C(=O)N(CC=C)c3ccc(N(CC)CC)cc3)[C@]23CC[C@H]1O3)c1ccccc1. The normalized spacial score (nSPS) is 24.6. The summed E-state index contributed by atoms with van der Waals surface area (Å²) in [6.07, 6.45) is 3.46. The Morgan fingerprint density at radius 1 is 1.08 bits per heavy atom. The van der Waals surface area contributed by atoms with Gasteiger partial charge in [-0.05, 0) is 69.9 Å². The van der Waals surface area contributed by atoms with Crippen molar-refractivity contribution in [3.63, 3.8) is 0 Å². The Morgan fingerprint density at radius 2 is 1.76 bits per heavy atom. The molecule has 1 spiro atoms. The third-order valence-corrected chi connectivity index (χ3v) is 10.3. The summed E-state index contributed by atoms with van der Waals surface area (Å²) in [6, 6.07) is 15.2. The van der Waals surface area contributed by atoms with Crippen LogP contribution in [0, 0.1) is 11.8 Å². The largest absolute Gasteiger partial charge is 0.455 e. The Balaban J connectivity index is 1.44. The van der Waals surface area contributed by atoms with Gasteiger partial charge in [0.25, 0.3) is 5.91 Å². The van der Waals surface area contributed by atoms with Crippen LogP contribution in [0.1, 0.15) is 58.1 Å². The van der Waals surface area contributed by atoms with E-state index in [0.29, 0.717) is 30.5 Å². The number of carbonyl (C=O) groups is 4. The summed E-state index contributed by atoms with van der Waals surface area (Å²) in [5.41, 5.74) is 1.08. The molecule has 5 rings (SSSR count). The second-order valence-corrected chi connectivity index (χ2v) is 13.2. The average Bonchev–Trinajstić information content (AvgIpc) is 3.77. The zero-order valence-electron chi connectivity index (χ0n) is 29.3. The van der Waals surface area contributed by atoms with Crippen LogP contribution in [0.4, 0.5) is 11.4 Å². The third kappa shape index (κ3) is 6.93. The zero-order chi connectivity index (χ0) is 36.0. The first-order valence-corrected chi connectivity index (χ1v) is 17.7. The fourth-order valence-corrected chi connectivity index (χ4v) is 8.02. The number of likely N-dealkylation sites (tertiary alicyclic amines) is 1. The maximum Gasteiger partial charge on any atom is 0.313 e. The summed E-state index contributed by atoms with van der Waals surface area (Å²) >= 11 is 0. The number of allylic oxidation sites excluding steroid dienone is 1. The highest BCUT2D eigenvalue weighted by atomic mass is 16.6. The molecule has 3 aliphatic rings. The maximum absolute atomic E-state index is 14.7. The number of esters is 1. The molecule has 0 unspecified atom stereocenters. The first-order valence-electron chi connectivity index (χ1n) is 17.7. The molecule has 2 N–H and O–H groups in total. The Labute approximate surface area is 294 Å². The van der Waals surface area contributed by atoms with Crippen LogP contribution in [0.25, 0.3) is 0 Å². The molecule has 2 aromatic rings. The molecular weight excluding hydrogens is 636 g/mol. The topological polar surface area (TPSA) is 129 Å². The lowest BCUT2D eigenvalue weighted by molar-refractivity contribution is -0.162. The standard InChI is InChI=1S/C39H50N4O7/c1-6-10-16-31(45)40-26(5)34(27-14-12-11-13-15-27)49-38(48)32-30-21-22-39(50-30)33(32)36(46)43(24-25-44)35(39)37(47)42(23-7-2)29-19-17-28(18-20-29)41(8-3)9-4/h6-7,11-15,17-20,26,30,32-35,44H,1-2,8-10,16,21-25H2,3-5H3,(H,40,45)/t26-,30-,32+,33+,34-,35-,39+/m1/s1. The number of amides is 3. The van der Waals surface area contributed by atoms with E-state index in [2.05, 4.69) is 37.2 Å². The van der Waals surface area contributed by atoms with Crippen LogP contribution in [0.2, 0.25) is 0 Å². The van der Waals surface area contributed by atoms with Gasteiger partial charge in [0.2, 0.25) is 11.8 Å². The molecular formula is C39H50N4O7. The van der Waals surface area contributed by atoms with Gasteiger partial charge >= 0.3 is 5.97 Å². The van der Waals surface area contributed by atoms with Crippen molar-refractivity contribution in [2.75, 3.05) is 42.6 Å². The van der Waals surface area contributed by atoms with E-state index >= 15 is 0 Å². The molecule has 50 heavy (non-hydrogen) atoms. The highest BCUT2D eigenvalue weighted by Crippen LogP contribution is 2.59. The van der Waals surface area contributed by atoms with Gasteiger partial charge in [-0.15, -0.1) is 13.2 Å². The van der Waals surface area contributed by atoms with E-state index in [0.717, 1.165) is 18.8 Å². The van der Waals surface area contributed by atoms with Crippen LogP contribution in [0.15, 0.2) is 79.9 Å². The third-order valence-electron chi connectivity index (χ3n) is 10.3. The van der Waals surface area contributed by atoms with E-state index in [9.17, 15) is 24.3 Å². The molecule has 2 bridgehead atoms. The van der Waals surface area contributed by atoms with E-state index < -0.39 is 53.6 Å². The second-order valence-electron chi connectivity index (χ2n) is 13.2. The molecule has 11 heteroatoms. The molecule has 0 aromatic heterocycles. The van der Waals surface area contributed by atoms with Crippen LogP contribution < -0.4 is 15.1 Å². The van der Waals surface area contributed by atoms with Gasteiger partial charge in [0.1, 0.15) is 17.7 Å². The monoisotopic (exact) mass is 686 g/mol. The van der Waals surface area contributed by atoms with Gasteiger partial charge in [0, 0.05) is 44.0 Å². The Hall–Kier alpha value is -4.48. The molecule has 3 aliphatic heterocycles. The molecule has 3 amide bonds. The van der Waals surface area contributed by atoms with E-state index in [1.807, 2.05) is 54.6 Å². The van der Waals surface area contributed by atoms with Crippen LogP contribution in [0.5, 0.6) is 0 Å². The Morgan fingerprint density at radius 3 is 2.38 bits per heavy atom. The van der Waals surface area contributed by atoms with Crippen molar-refractivity contribution in [2.24, 2.45) is 11.8 Å². The molecule has 0 aliphatic carbocycles. The molecule has 3 saturated heterocycles. The van der Waals surface area contributed by atoms with E-state index in [4.69, 9.17) is 9.47 Å². The minimum absolute atomic E-state index is 0.0907. The molecule has 0 radical (unpaired) electrons. The van der Waals surface area contributed by atoms with E-state index in [1.165, 1.54) is 4.90 Å².